The van der Waals surface area contributed by atoms with E-state index in [-0.39, 0.29) is 16.9 Å². The highest BCUT2D eigenvalue weighted by Gasteiger charge is 2.34. The number of nitrogens with zero attached hydrogens (tertiary/aromatic N) is 1. The van der Waals surface area contributed by atoms with Gasteiger partial charge < -0.3 is 14.9 Å². The predicted molar refractivity (Wildman–Crippen MR) is 60.8 cm³/mol. The molecule has 0 aromatic heterocycles. The van der Waals surface area contributed by atoms with E-state index in [1.165, 1.54) is 19.2 Å². The average molecular weight is 263 g/mol. The first-order valence-electron chi connectivity index (χ1n) is 5.00. The minimum Gasteiger partial charge on any atom is -0.495 e. The largest absolute Gasteiger partial charge is 0.495 e. The summed E-state index contributed by atoms with van der Waals surface area (Å²) >= 11 is 0. The first-order valence-corrected chi connectivity index (χ1v) is 5.00. The van der Waals surface area contributed by atoms with Gasteiger partial charge in [0.25, 0.3) is 0 Å². The Morgan fingerprint density at radius 1 is 1.26 bits per heavy atom. The maximum absolute atomic E-state index is 11.8. The number of nitriles is 1. The maximum Gasteiger partial charge on any atom is 0.325 e. The fraction of sp³-hybridized carbons (Fsp3) is 0.167. The van der Waals surface area contributed by atoms with Crippen molar-refractivity contribution in [3.63, 3.8) is 0 Å². The van der Waals surface area contributed by atoms with E-state index in [1.807, 2.05) is 6.07 Å². The number of ketones is 1. The first kappa shape index (κ1) is 14.2. The second-order valence-electron chi connectivity index (χ2n) is 3.50. The van der Waals surface area contributed by atoms with Gasteiger partial charge in [0.1, 0.15) is 11.8 Å². The second kappa shape index (κ2) is 5.64. The van der Waals surface area contributed by atoms with Crippen molar-refractivity contribution >= 4 is 17.7 Å². The summed E-state index contributed by atoms with van der Waals surface area (Å²) in [6, 6.07) is 5.40. The molecule has 0 amide bonds. The summed E-state index contributed by atoms with van der Waals surface area (Å²) in [4.78, 5) is 33.3. The number of ether oxygens (including phenoxy) is 1. The smallest absolute Gasteiger partial charge is 0.325 e. The predicted octanol–water partition coefficient (Wildman–Crippen LogP) is 0.535. The lowest BCUT2D eigenvalue weighted by Gasteiger charge is -2.08. The number of methoxy groups -OCH3 is 1. The molecular weight excluding hydrogens is 254 g/mol. The molecule has 0 aliphatic heterocycles. The highest BCUT2D eigenvalue weighted by Crippen LogP contribution is 2.21. The molecule has 0 aliphatic rings. The van der Waals surface area contributed by atoms with Crippen LogP contribution >= 0.6 is 0 Å². The summed E-state index contributed by atoms with van der Waals surface area (Å²) in [5.74, 6) is -6.69. The highest BCUT2D eigenvalue weighted by molar-refractivity contribution is 6.20. The zero-order chi connectivity index (χ0) is 14.6. The molecule has 1 rings (SSSR count). The molecule has 19 heavy (non-hydrogen) atoms. The summed E-state index contributed by atoms with van der Waals surface area (Å²) in [6.07, 6.45) is 0. The molecule has 0 saturated carbocycles. The van der Waals surface area contributed by atoms with Crippen molar-refractivity contribution in [2.24, 2.45) is 5.92 Å². The van der Waals surface area contributed by atoms with Crippen LogP contribution in [0, 0.1) is 17.2 Å². The summed E-state index contributed by atoms with van der Waals surface area (Å²) in [5.41, 5.74) is 0.00639. The Hall–Kier alpha value is -2.88. The van der Waals surface area contributed by atoms with Crippen LogP contribution in [0.4, 0.5) is 0 Å². The van der Waals surface area contributed by atoms with Crippen LogP contribution in [0.2, 0.25) is 0 Å². The fourth-order valence-corrected chi connectivity index (χ4v) is 1.43. The van der Waals surface area contributed by atoms with Crippen LogP contribution < -0.4 is 4.74 Å². The molecule has 7 nitrogen and oxygen atoms in total. The number of hydrogen-bond acceptors (Lipinski definition) is 5. The molecule has 0 saturated heterocycles. The van der Waals surface area contributed by atoms with Crippen molar-refractivity contribution in [2.75, 3.05) is 7.11 Å². The van der Waals surface area contributed by atoms with E-state index in [9.17, 15) is 14.4 Å². The summed E-state index contributed by atoms with van der Waals surface area (Å²) in [6.45, 7) is 0. The van der Waals surface area contributed by atoms with E-state index in [1.54, 1.807) is 0 Å². The molecular formula is C12H9NO6. The van der Waals surface area contributed by atoms with E-state index < -0.39 is 23.6 Å². The standard InChI is InChI=1S/C12H9NO6/c1-19-8-4-6(2-3-7(8)5-13)10(14)9(11(15)16)12(17)18/h2-4,9H,1H3,(H,15,16)(H,17,18). The van der Waals surface area contributed by atoms with Crippen LogP contribution in [-0.2, 0) is 9.59 Å². The number of carbonyl (C=O) groups excluding carboxylic acids is 1. The molecule has 0 aliphatic carbocycles. The van der Waals surface area contributed by atoms with Crippen LogP contribution in [0.15, 0.2) is 18.2 Å². The summed E-state index contributed by atoms with van der Waals surface area (Å²) < 4.78 is 4.86. The maximum atomic E-state index is 11.8. The van der Waals surface area contributed by atoms with Crippen LogP contribution in [-0.4, -0.2) is 35.0 Å². The van der Waals surface area contributed by atoms with Gasteiger partial charge in [-0.05, 0) is 18.2 Å². The molecule has 98 valence electrons. The highest BCUT2D eigenvalue weighted by atomic mass is 16.5. The van der Waals surface area contributed by atoms with Gasteiger partial charge in [-0.1, -0.05) is 0 Å². The fourth-order valence-electron chi connectivity index (χ4n) is 1.43. The number of benzene rings is 1. The number of Topliss-reactive ketones (excluding diaryl/α,β-unsaturated/α-hetero) is 1. The minimum atomic E-state index is -2.18. The van der Waals surface area contributed by atoms with Gasteiger partial charge in [-0.15, -0.1) is 0 Å². The van der Waals surface area contributed by atoms with Crippen molar-refractivity contribution in [1.82, 2.24) is 0 Å². The Balaban J connectivity index is 3.24. The van der Waals surface area contributed by atoms with Crippen LogP contribution in [0.3, 0.4) is 0 Å². The minimum absolute atomic E-state index is 0.0721. The first-order chi connectivity index (χ1) is 8.92. The van der Waals surface area contributed by atoms with Crippen LogP contribution in [0.5, 0.6) is 5.75 Å². The lowest BCUT2D eigenvalue weighted by Crippen LogP contribution is -2.31. The number of carboxylic acid groups (broad SMARTS) is 2. The summed E-state index contributed by atoms with van der Waals surface area (Å²) in [5, 5.41) is 26.2. The van der Waals surface area contributed by atoms with Gasteiger partial charge in [0, 0.05) is 5.56 Å². The third-order valence-electron chi connectivity index (χ3n) is 2.36. The molecule has 0 fully saturated rings. The molecule has 0 unspecified atom stereocenters. The normalized spacial score (nSPS) is 9.74. The van der Waals surface area contributed by atoms with Crippen molar-refractivity contribution in [1.29, 1.82) is 5.26 Å². The van der Waals surface area contributed by atoms with Gasteiger partial charge in [0.05, 0.1) is 12.7 Å². The van der Waals surface area contributed by atoms with E-state index in [0.717, 1.165) is 6.07 Å². The van der Waals surface area contributed by atoms with Crippen molar-refractivity contribution in [2.45, 2.75) is 0 Å². The Bertz CT molecular complexity index is 572. The van der Waals surface area contributed by atoms with Gasteiger partial charge >= 0.3 is 11.9 Å². The molecule has 0 bridgehead atoms. The lowest BCUT2D eigenvalue weighted by molar-refractivity contribution is -0.151. The Kier molecular flexibility index (Phi) is 4.21. The molecule has 2 N–H and O–H groups in total. The molecule has 0 heterocycles. The third kappa shape index (κ3) is 2.87. The lowest BCUT2D eigenvalue weighted by atomic mass is 9.96. The Morgan fingerprint density at radius 3 is 2.26 bits per heavy atom. The number of aliphatic carboxylic acids is 2. The zero-order valence-corrected chi connectivity index (χ0v) is 9.78. The Labute approximate surface area is 107 Å². The van der Waals surface area contributed by atoms with Crippen LogP contribution in [0.1, 0.15) is 15.9 Å². The Morgan fingerprint density at radius 2 is 1.84 bits per heavy atom. The zero-order valence-electron chi connectivity index (χ0n) is 9.78. The van der Waals surface area contributed by atoms with Crippen molar-refractivity contribution in [3.05, 3.63) is 29.3 Å². The molecule has 0 atom stereocenters. The van der Waals surface area contributed by atoms with Gasteiger partial charge in [-0.25, -0.2) is 0 Å². The average Bonchev–Trinajstić information content (AvgIpc) is 2.36. The van der Waals surface area contributed by atoms with Crippen molar-refractivity contribution in [3.8, 4) is 11.8 Å². The number of carboxylic acids is 2. The van der Waals surface area contributed by atoms with E-state index in [2.05, 4.69) is 0 Å². The van der Waals surface area contributed by atoms with Gasteiger partial charge in [-0.2, -0.15) is 5.26 Å². The van der Waals surface area contributed by atoms with E-state index in [4.69, 9.17) is 20.2 Å². The van der Waals surface area contributed by atoms with Gasteiger partial charge in [-0.3, -0.25) is 14.4 Å². The quantitative estimate of drug-likeness (QED) is 0.586. The summed E-state index contributed by atoms with van der Waals surface area (Å²) in [7, 11) is 1.27. The van der Waals surface area contributed by atoms with Crippen LogP contribution in [0.25, 0.3) is 0 Å². The topological polar surface area (TPSA) is 125 Å². The molecule has 1 aromatic carbocycles. The third-order valence-corrected chi connectivity index (χ3v) is 2.36. The number of rotatable bonds is 5. The SMILES string of the molecule is COc1cc(C(=O)C(C(=O)O)C(=O)O)ccc1C#N. The number of hydrogen-bond donors (Lipinski definition) is 2. The second-order valence-corrected chi connectivity index (χ2v) is 3.50. The van der Waals surface area contributed by atoms with Gasteiger partial charge in [0.2, 0.25) is 5.92 Å². The van der Waals surface area contributed by atoms with E-state index in [0.29, 0.717) is 0 Å². The van der Waals surface area contributed by atoms with Crippen molar-refractivity contribution < 1.29 is 29.3 Å². The monoisotopic (exact) mass is 263 g/mol. The molecule has 0 radical (unpaired) electrons. The number of carbonyl (C=O) groups is 3. The molecule has 1 aromatic rings. The molecule has 7 heteroatoms. The van der Waals surface area contributed by atoms with E-state index >= 15 is 0 Å². The van der Waals surface area contributed by atoms with Gasteiger partial charge in [0.15, 0.2) is 5.78 Å². The molecule has 0 spiro atoms.